The molecule has 0 radical (unpaired) electrons. The van der Waals surface area contributed by atoms with Gasteiger partial charge in [0.25, 0.3) is 0 Å². The molecule has 1 aromatic heterocycles. The van der Waals surface area contributed by atoms with Crippen molar-refractivity contribution in [2.24, 2.45) is 5.92 Å². The molecule has 0 amide bonds. The zero-order valence-electron chi connectivity index (χ0n) is 39.2. The Balaban J connectivity index is 1.11. The number of hydrogen-bond donors (Lipinski definition) is 0. The van der Waals surface area contributed by atoms with E-state index in [1.54, 1.807) is 0 Å². The summed E-state index contributed by atoms with van der Waals surface area (Å²) < 4.78 is 2.41. The summed E-state index contributed by atoms with van der Waals surface area (Å²) in [6.45, 7) is 4.46. The van der Waals surface area contributed by atoms with Crippen molar-refractivity contribution < 1.29 is 0 Å². The first kappa shape index (κ1) is 43.7. The number of allylic oxidation sites excluding steroid dienone is 15. The molecule has 3 aliphatic rings. The minimum Gasteiger partial charge on any atom is -0.310 e. The summed E-state index contributed by atoms with van der Waals surface area (Å²) in [5, 5.41) is 3.55. The number of benzene rings is 7. The number of rotatable bonds is 12. The van der Waals surface area contributed by atoms with E-state index < -0.39 is 0 Å². The third kappa shape index (κ3) is 8.99. The predicted molar refractivity (Wildman–Crippen MR) is 298 cm³/mol. The normalized spacial score (nSPS) is 17.6. The Hall–Kier alpha value is -8.86. The largest absolute Gasteiger partial charge is 0.310 e. The molecule has 0 N–H and O–H groups in total. The van der Waals surface area contributed by atoms with E-state index >= 15 is 0 Å². The molecule has 0 aliphatic heterocycles. The number of nitrogens with zero attached hydrogens (tertiary/aromatic N) is 4. The standard InChI is InChI=1S/C66H54N4/c1-2-54(67(56-30-13-8-14-31-56)55-28-11-6-4-3-5-7-12-29-55)48-63-47-53-39-41-62(69(58-34-17-10-18-35-58)65-37-23-27-51-25-21-22-36-64(51)65)49-66(53)70(63)60-44-42-59(43-45-60)68(57-32-15-9-16-33-57)61-40-38-50-24-19-20-26-52(50)46-61/h2-4,6,8-26,28-49,51H,1,5,7,27H2/b4-3+,11-6-,29-12+,54-48+,55-28+. The molecule has 1 unspecified atom stereocenters. The van der Waals surface area contributed by atoms with Crippen LogP contribution in [0.25, 0.3) is 33.4 Å². The molecular weight excluding hydrogens is 849 g/mol. The molecule has 0 fully saturated rings. The van der Waals surface area contributed by atoms with E-state index in [9.17, 15) is 0 Å². The van der Waals surface area contributed by atoms with E-state index in [0.29, 0.717) is 5.92 Å². The summed E-state index contributed by atoms with van der Waals surface area (Å²) in [4.78, 5) is 7.07. The fraction of sp³-hybridized carbons (Fsp3) is 0.0606. The van der Waals surface area contributed by atoms with E-state index in [2.05, 4.69) is 293 Å². The fourth-order valence-electron chi connectivity index (χ4n) is 9.92. The van der Waals surface area contributed by atoms with Gasteiger partial charge >= 0.3 is 0 Å². The van der Waals surface area contributed by atoms with Gasteiger partial charge in [-0.1, -0.05) is 158 Å². The highest BCUT2D eigenvalue weighted by molar-refractivity contribution is 5.92. The van der Waals surface area contributed by atoms with Crippen LogP contribution in [0.5, 0.6) is 0 Å². The second-order valence-corrected chi connectivity index (χ2v) is 17.7. The van der Waals surface area contributed by atoms with E-state index in [1.807, 2.05) is 6.08 Å². The minimum absolute atomic E-state index is 0.331. The van der Waals surface area contributed by atoms with Gasteiger partial charge in [-0.2, -0.15) is 0 Å². The summed E-state index contributed by atoms with van der Waals surface area (Å²) >= 11 is 0. The molecule has 8 aromatic rings. The average Bonchev–Trinajstić information content (AvgIpc) is 3.78. The zero-order valence-corrected chi connectivity index (χ0v) is 39.2. The molecule has 3 aliphatic carbocycles. The lowest BCUT2D eigenvalue weighted by Crippen LogP contribution is -2.21. The Kier molecular flexibility index (Phi) is 12.6. The lowest BCUT2D eigenvalue weighted by molar-refractivity contribution is 0.763. The highest BCUT2D eigenvalue weighted by atomic mass is 15.2. The SMILES string of the molecule is C=C/C(=C\c1cc2ccc(N(C3=C4C=CC=CC4CC=C3)c3ccccc3)cc2n1-c1ccc(N(c2ccccc2)c2ccc3ccccc3c2)cc1)N(C1=C/C=C\C=C\CC\C=C\1)c1ccccc1. The summed E-state index contributed by atoms with van der Waals surface area (Å²) in [5.41, 5.74) is 14.2. The van der Waals surface area contributed by atoms with E-state index in [-0.39, 0.29) is 0 Å². The predicted octanol–water partition coefficient (Wildman–Crippen LogP) is 17.7. The molecule has 338 valence electrons. The molecule has 0 bridgehead atoms. The maximum atomic E-state index is 4.46. The van der Waals surface area contributed by atoms with E-state index in [4.69, 9.17) is 0 Å². The quantitative estimate of drug-likeness (QED) is 0.114. The van der Waals surface area contributed by atoms with Gasteiger partial charge in [0, 0.05) is 73.9 Å². The van der Waals surface area contributed by atoms with Crippen LogP contribution in [0.4, 0.5) is 34.1 Å². The van der Waals surface area contributed by atoms with Crippen LogP contribution in [0.2, 0.25) is 0 Å². The van der Waals surface area contributed by atoms with Crippen molar-refractivity contribution in [1.82, 2.24) is 4.57 Å². The highest BCUT2D eigenvalue weighted by Gasteiger charge is 2.25. The van der Waals surface area contributed by atoms with Crippen LogP contribution in [0.15, 0.2) is 296 Å². The first-order valence-electron chi connectivity index (χ1n) is 24.3. The number of para-hydroxylation sites is 3. The molecule has 4 heteroatoms. The van der Waals surface area contributed by atoms with Gasteiger partial charge in [0.05, 0.1) is 5.52 Å². The van der Waals surface area contributed by atoms with Crippen molar-refractivity contribution >= 4 is 61.9 Å². The van der Waals surface area contributed by atoms with Crippen LogP contribution < -0.4 is 14.7 Å². The Labute approximate surface area is 412 Å². The Bertz CT molecular complexity index is 3470. The van der Waals surface area contributed by atoms with Gasteiger partial charge in [-0.15, -0.1) is 0 Å². The van der Waals surface area contributed by atoms with Crippen molar-refractivity contribution in [1.29, 1.82) is 0 Å². The summed E-state index contributed by atoms with van der Waals surface area (Å²) in [6.07, 6.45) is 36.0. The molecule has 0 spiro atoms. The molecule has 0 saturated carbocycles. The third-order valence-electron chi connectivity index (χ3n) is 13.2. The fourth-order valence-corrected chi connectivity index (χ4v) is 9.92. The summed E-state index contributed by atoms with van der Waals surface area (Å²) in [6, 6.07) is 65.5. The van der Waals surface area contributed by atoms with Crippen molar-refractivity contribution in [2.75, 3.05) is 14.7 Å². The number of hydrogen-bond acceptors (Lipinski definition) is 3. The average molecular weight is 903 g/mol. The van der Waals surface area contributed by atoms with Crippen molar-refractivity contribution in [2.45, 2.75) is 19.3 Å². The van der Waals surface area contributed by atoms with Gasteiger partial charge in [0.1, 0.15) is 0 Å². The van der Waals surface area contributed by atoms with Crippen LogP contribution in [0, 0.1) is 5.92 Å². The second kappa shape index (κ2) is 20.2. The van der Waals surface area contributed by atoms with Crippen LogP contribution in [0.3, 0.4) is 0 Å². The summed E-state index contributed by atoms with van der Waals surface area (Å²) in [5.74, 6) is 0.331. The topological polar surface area (TPSA) is 14.7 Å². The first-order valence-corrected chi connectivity index (χ1v) is 24.3. The van der Waals surface area contributed by atoms with E-state index in [1.165, 1.54) is 22.0 Å². The molecule has 0 saturated heterocycles. The van der Waals surface area contributed by atoms with Crippen molar-refractivity contribution in [3.05, 3.63) is 302 Å². The minimum atomic E-state index is 0.331. The highest BCUT2D eigenvalue weighted by Crippen LogP contribution is 2.42. The molecule has 11 rings (SSSR count). The van der Waals surface area contributed by atoms with E-state index in [0.717, 1.165) is 87.1 Å². The Morgan fingerprint density at radius 3 is 1.90 bits per heavy atom. The van der Waals surface area contributed by atoms with Crippen LogP contribution in [-0.4, -0.2) is 4.57 Å². The van der Waals surface area contributed by atoms with Gasteiger partial charge < -0.3 is 19.3 Å². The molecule has 70 heavy (non-hydrogen) atoms. The molecule has 7 aromatic carbocycles. The van der Waals surface area contributed by atoms with Crippen LogP contribution in [-0.2, 0) is 0 Å². The Morgan fingerprint density at radius 2 is 1.14 bits per heavy atom. The van der Waals surface area contributed by atoms with Gasteiger partial charge in [-0.25, -0.2) is 0 Å². The van der Waals surface area contributed by atoms with Gasteiger partial charge in [-0.3, -0.25) is 0 Å². The zero-order chi connectivity index (χ0) is 47.1. The van der Waals surface area contributed by atoms with Crippen molar-refractivity contribution in [3.8, 4) is 5.69 Å². The third-order valence-corrected chi connectivity index (χ3v) is 13.2. The lowest BCUT2D eigenvalue weighted by atomic mass is 9.86. The van der Waals surface area contributed by atoms with Gasteiger partial charge in [-0.05, 0) is 157 Å². The molecule has 1 atom stereocenters. The smallest absolute Gasteiger partial charge is 0.0555 e. The number of anilines is 6. The van der Waals surface area contributed by atoms with Crippen LogP contribution in [0.1, 0.15) is 25.0 Å². The molecule has 1 heterocycles. The molecule has 4 nitrogen and oxygen atoms in total. The Morgan fingerprint density at radius 1 is 0.500 bits per heavy atom. The van der Waals surface area contributed by atoms with Gasteiger partial charge in [0.15, 0.2) is 0 Å². The number of aromatic nitrogens is 1. The second-order valence-electron chi connectivity index (χ2n) is 17.7. The van der Waals surface area contributed by atoms with Crippen molar-refractivity contribution in [3.63, 3.8) is 0 Å². The van der Waals surface area contributed by atoms with Gasteiger partial charge in [0.2, 0.25) is 0 Å². The van der Waals surface area contributed by atoms with Crippen LogP contribution >= 0.6 is 0 Å². The number of fused-ring (bicyclic) bond motifs is 3. The maximum absolute atomic E-state index is 4.46. The first-order chi connectivity index (χ1) is 34.7. The monoisotopic (exact) mass is 902 g/mol. The summed E-state index contributed by atoms with van der Waals surface area (Å²) in [7, 11) is 0. The molecular formula is C66H54N4. The maximum Gasteiger partial charge on any atom is 0.0555 e. The lowest BCUT2D eigenvalue weighted by Gasteiger charge is -2.32.